The van der Waals surface area contributed by atoms with Gasteiger partial charge in [0.05, 0.1) is 16.4 Å². The normalized spacial score (nSPS) is 9.92. The first-order chi connectivity index (χ1) is 5.65. The van der Waals surface area contributed by atoms with Gasteiger partial charge in [0, 0.05) is 11.0 Å². The van der Waals surface area contributed by atoms with E-state index in [1.165, 1.54) is 0 Å². The van der Waals surface area contributed by atoms with Crippen LogP contribution >= 0.6 is 27.5 Å². The van der Waals surface area contributed by atoms with Crippen molar-refractivity contribution in [2.45, 2.75) is 6.92 Å². The van der Waals surface area contributed by atoms with Crippen molar-refractivity contribution in [1.29, 1.82) is 0 Å². The maximum Gasteiger partial charge on any atom is 0.0739 e. The van der Waals surface area contributed by atoms with Crippen LogP contribution in [-0.2, 0) is 0 Å². The molecule has 0 heterocycles. The van der Waals surface area contributed by atoms with Crippen LogP contribution in [0.1, 0.15) is 6.92 Å². The van der Waals surface area contributed by atoms with E-state index in [2.05, 4.69) is 21.2 Å². The van der Waals surface area contributed by atoms with Crippen molar-refractivity contribution < 1.29 is 0 Å². The van der Waals surface area contributed by atoms with Gasteiger partial charge in [-0.05, 0) is 19.1 Å². The molecule has 1 aromatic rings. The minimum absolute atomic E-state index is 0.570. The van der Waals surface area contributed by atoms with Gasteiger partial charge in [-0.2, -0.15) is 0 Å². The first kappa shape index (κ1) is 9.68. The highest BCUT2D eigenvalue weighted by Crippen LogP contribution is 2.31. The topological polar surface area (TPSA) is 38.0 Å². The van der Waals surface area contributed by atoms with Crippen molar-refractivity contribution in [2.24, 2.45) is 0 Å². The summed E-state index contributed by atoms with van der Waals surface area (Å²) in [5.74, 6) is 0. The van der Waals surface area contributed by atoms with E-state index < -0.39 is 0 Å². The second-order valence-electron chi connectivity index (χ2n) is 2.38. The second-order valence-corrected chi connectivity index (χ2v) is 3.70. The van der Waals surface area contributed by atoms with E-state index in [9.17, 15) is 0 Å². The summed E-state index contributed by atoms with van der Waals surface area (Å²) in [6.45, 7) is 2.84. The Morgan fingerprint density at radius 2 is 2.25 bits per heavy atom. The lowest BCUT2D eigenvalue weighted by Gasteiger charge is -2.08. The summed E-state index contributed by atoms with van der Waals surface area (Å²) in [6.07, 6.45) is 0. The monoisotopic (exact) mass is 248 g/mol. The van der Waals surface area contributed by atoms with Crippen molar-refractivity contribution in [3.8, 4) is 0 Å². The Morgan fingerprint density at radius 1 is 1.58 bits per heavy atom. The van der Waals surface area contributed by atoms with Crippen LogP contribution in [-0.4, -0.2) is 6.54 Å². The molecule has 0 aliphatic carbocycles. The van der Waals surface area contributed by atoms with Crippen LogP contribution in [0.4, 0.5) is 11.4 Å². The van der Waals surface area contributed by atoms with Crippen LogP contribution < -0.4 is 11.1 Å². The SMILES string of the molecule is CCNc1cc(Br)cc(Cl)c1N. The molecular formula is C8H10BrClN2. The molecule has 0 amide bonds. The minimum atomic E-state index is 0.570. The fourth-order valence-corrected chi connectivity index (χ4v) is 1.73. The molecule has 0 saturated heterocycles. The molecule has 4 heteroatoms. The van der Waals surface area contributed by atoms with E-state index in [-0.39, 0.29) is 0 Å². The zero-order valence-electron chi connectivity index (χ0n) is 6.70. The average molecular weight is 250 g/mol. The Balaban J connectivity index is 3.09. The number of anilines is 2. The van der Waals surface area contributed by atoms with Crippen LogP contribution in [0.25, 0.3) is 0 Å². The summed E-state index contributed by atoms with van der Waals surface area (Å²) in [5.41, 5.74) is 7.19. The molecular weight excluding hydrogens is 239 g/mol. The largest absolute Gasteiger partial charge is 0.396 e. The molecule has 0 aliphatic heterocycles. The van der Waals surface area contributed by atoms with Crippen molar-refractivity contribution in [3.63, 3.8) is 0 Å². The van der Waals surface area contributed by atoms with E-state index in [1.807, 2.05) is 13.0 Å². The van der Waals surface area contributed by atoms with Crippen LogP contribution in [0.2, 0.25) is 5.02 Å². The Labute approximate surface area is 85.2 Å². The van der Waals surface area contributed by atoms with Crippen molar-refractivity contribution in [1.82, 2.24) is 0 Å². The molecule has 66 valence electrons. The van der Waals surface area contributed by atoms with Gasteiger partial charge in [0.15, 0.2) is 0 Å². The van der Waals surface area contributed by atoms with Crippen LogP contribution in [0.5, 0.6) is 0 Å². The standard InChI is InChI=1S/C8H10BrClN2/c1-2-12-7-4-5(9)3-6(10)8(7)11/h3-4,12H,2,11H2,1H3. The van der Waals surface area contributed by atoms with Gasteiger partial charge in [0.25, 0.3) is 0 Å². The predicted octanol–water partition coefficient (Wildman–Crippen LogP) is 3.12. The molecule has 0 radical (unpaired) electrons. The molecule has 1 rings (SSSR count). The van der Waals surface area contributed by atoms with Gasteiger partial charge in [-0.25, -0.2) is 0 Å². The van der Waals surface area contributed by atoms with Gasteiger partial charge in [-0.15, -0.1) is 0 Å². The van der Waals surface area contributed by atoms with E-state index in [1.54, 1.807) is 6.07 Å². The molecule has 0 bridgehead atoms. The summed E-state index contributed by atoms with van der Waals surface area (Å²) >= 11 is 9.20. The van der Waals surface area contributed by atoms with E-state index in [0.717, 1.165) is 16.7 Å². The third kappa shape index (κ3) is 2.05. The molecule has 2 nitrogen and oxygen atoms in total. The van der Waals surface area contributed by atoms with Gasteiger partial charge in [0.1, 0.15) is 0 Å². The summed E-state index contributed by atoms with van der Waals surface area (Å²) in [5, 5.41) is 3.69. The fraction of sp³-hybridized carbons (Fsp3) is 0.250. The molecule has 0 spiro atoms. The maximum atomic E-state index is 5.86. The molecule has 12 heavy (non-hydrogen) atoms. The van der Waals surface area contributed by atoms with Crippen LogP contribution in [0, 0.1) is 0 Å². The molecule has 0 saturated carbocycles. The lowest BCUT2D eigenvalue weighted by Crippen LogP contribution is -2.01. The highest BCUT2D eigenvalue weighted by Gasteiger charge is 2.03. The number of benzene rings is 1. The number of rotatable bonds is 2. The molecule has 0 unspecified atom stereocenters. The Bertz CT molecular complexity index is 289. The van der Waals surface area contributed by atoms with Gasteiger partial charge in [-0.3, -0.25) is 0 Å². The smallest absolute Gasteiger partial charge is 0.0739 e. The highest BCUT2D eigenvalue weighted by atomic mass is 79.9. The molecule has 0 aliphatic rings. The van der Waals surface area contributed by atoms with Crippen LogP contribution in [0.3, 0.4) is 0 Å². The van der Waals surface area contributed by atoms with E-state index in [0.29, 0.717) is 10.7 Å². The maximum absolute atomic E-state index is 5.86. The molecule has 1 aromatic carbocycles. The highest BCUT2D eigenvalue weighted by molar-refractivity contribution is 9.10. The number of nitrogens with one attached hydrogen (secondary N) is 1. The number of halogens is 2. The van der Waals surface area contributed by atoms with Gasteiger partial charge >= 0.3 is 0 Å². The van der Waals surface area contributed by atoms with Crippen molar-refractivity contribution in [2.75, 3.05) is 17.6 Å². The molecule has 0 fully saturated rings. The molecule has 0 aromatic heterocycles. The average Bonchev–Trinajstić information content (AvgIpc) is 2.00. The number of hydrogen-bond donors (Lipinski definition) is 2. The summed E-state index contributed by atoms with van der Waals surface area (Å²) in [4.78, 5) is 0. The fourth-order valence-electron chi connectivity index (χ4n) is 0.921. The Morgan fingerprint density at radius 3 is 2.83 bits per heavy atom. The van der Waals surface area contributed by atoms with Crippen molar-refractivity contribution >= 4 is 38.9 Å². The van der Waals surface area contributed by atoms with E-state index in [4.69, 9.17) is 17.3 Å². The Kier molecular flexibility index (Phi) is 3.23. The summed E-state index contributed by atoms with van der Waals surface area (Å²) < 4.78 is 0.928. The molecule has 3 N–H and O–H groups in total. The first-order valence-electron chi connectivity index (χ1n) is 3.63. The zero-order valence-corrected chi connectivity index (χ0v) is 9.04. The number of hydrogen-bond acceptors (Lipinski definition) is 2. The third-order valence-electron chi connectivity index (χ3n) is 1.46. The lowest BCUT2D eigenvalue weighted by atomic mass is 10.2. The van der Waals surface area contributed by atoms with Crippen molar-refractivity contribution in [3.05, 3.63) is 21.6 Å². The summed E-state index contributed by atoms with van der Waals surface area (Å²) in [6, 6.07) is 3.68. The zero-order chi connectivity index (χ0) is 9.14. The predicted molar refractivity (Wildman–Crippen MR) is 57.7 cm³/mol. The minimum Gasteiger partial charge on any atom is -0.396 e. The quantitative estimate of drug-likeness (QED) is 0.791. The van der Waals surface area contributed by atoms with Gasteiger partial charge < -0.3 is 11.1 Å². The van der Waals surface area contributed by atoms with Gasteiger partial charge in [-0.1, -0.05) is 27.5 Å². The third-order valence-corrected chi connectivity index (χ3v) is 2.23. The number of nitrogen functional groups attached to an aromatic ring is 1. The van der Waals surface area contributed by atoms with Crippen LogP contribution in [0.15, 0.2) is 16.6 Å². The Hall–Kier alpha value is -0.410. The second kappa shape index (κ2) is 4.01. The lowest BCUT2D eigenvalue weighted by molar-refractivity contribution is 1.21. The summed E-state index contributed by atoms with van der Waals surface area (Å²) in [7, 11) is 0. The first-order valence-corrected chi connectivity index (χ1v) is 4.80. The van der Waals surface area contributed by atoms with E-state index >= 15 is 0 Å². The number of nitrogens with two attached hydrogens (primary N) is 1. The molecule has 0 atom stereocenters. The van der Waals surface area contributed by atoms with Gasteiger partial charge in [0.2, 0.25) is 0 Å².